The molecule has 142 valence electrons. The summed E-state index contributed by atoms with van der Waals surface area (Å²) in [6, 6.07) is 10.5. The molecule has 1 unspecified atom stereocenters. The van der Waals surface area contributed by atoms with Gasteiger partial charge < -0.3 is 15.4 Å². The largest absolute Gasteiger partial charge is 0.374 e. The molecule has 25 heavy (non-hydrogen) atoms. The van der Waals surface area contributed by atoms with Crippen molar-refractivity contribution in [2.45, 2.75) is 38.0 Å². The van der Waals surface area contributed by atoms with Gasteiger partial charge in [0.15, 0.2) is 0 Å². The van der Waals surface area contributed by atoms with E-state index in [9.17, 15) is 4.79 Å². The lowest BCUT2D eigenvalue weighted by Crippen LogP contribution is -2.51. The number of hydrogen-bond acceptors (Lipinski definition) is 4. The smallest absolute Gasteiger partial charge is 0.237 e. The average molecular weight is 390 g/mol. The fourth-order valence-corrected chi connectivity index (χ4v) is 3.30. The minimum absolute atomic E-state index is 0. The van der Waals surface area contributed by atoms with Gasteiger partial charge in [-0.2, -0.15) is 0 Å². The third-order valence-electron chi connectivity index (χ3n) is 4.60. The number of nitrogens with zero attached hydrogens (tertiary/aromatic N) is 1. The normalized spacial score (nSPS) is 23.8. The van der Waals surface area contributed by atoms with Crippen molar-refractivity contribution in [3.05, 3.63) is 35.9 Å². The van der Waals surface area contributed by atoms with Gasteiger partial charge in [0.2, 0.25) is 5.91 Å². The number of carbonyl (C=O) groups excluding carboxylic acids is 1. The first kappa shape index (κ1) is 22.2. The monoisotopic (exact) mass is 389 g/mol. The number of benzene rings is 1. The minimum atomic E-state index is -0.0206. The molecule has 2 fully saturated rings. The third-order valence-corrected chi connectivity index (χ3v) is 4.60. The molecule has 0 aliphatic carbocycles. The predicted molar refractivity (Wildman–Crippen MR) is 105 cm³/mol. The van der Waals surface area contributed by atoms with Crippen LogP contribution in [0.3, 0.4) is 0 Å². The fraction of sp³-hybridized carbons (Fsp3) is 0.611. The fourth-order valence-electron chi connectivity index (χ4n) is 3.30. The number of morpholine rings is 1. The van der Waals surface area contributed by atoms with Crippen LogP contribution in [-0.2, 0) is 16.1 Å². The first-order valence-electron chi connectivity index (χ1n) is 8.70. The summed E-state index contributed by atoms with van der Waals surface area (Å²) in [7, 11) is 0. The van der Waals surface area contributed by atoms with Crippen LogP contribution >= 0.6 is 24.8 Å². The number of hydrogen-bond donors (Lipinski definition) is 2. The van der Waals surface area contributed by atoms with Gasteiger partial charge in [0.1, 0.15) is 0 Å². The molecule has 0 spiro atoms. The molecule has 1 aromatic rings. The van der Waals surface area contributed by atoms with Gasteiger partial charge in [0.25, 0.3) is 0 Å². The maximum Gasteiger partial charge on any atom is 0.237 e. The van der Waals surface area contributed by atoms with Crippen LogP contribution in [-0.4, -0.2) is 55.7 Å². The number of nitrogens with one attached hydrogen (secondary N) is 2. The zero-order valence-electron chi connectivity index (χ0n) is 14.5. The molecule has 2 N–H and O–H groups in total. The second-order valence-corrected chi connectivity index (χ2v) is 6.46. The highest BCUT2D eigenvalue weighted by atomic mass is 35.5. The molecule has 3 rings (SSSR count). The molecule has 0 radical (unpaired) electrons. The van der Waals surface area contributed by atoms with Gasteiger partial charge in [-0.05, 0) is 24.9 Å². The molecule has 2 saturated heterocycles. The van der Waals surface area contributed by atoms with Gasteiger partial charge in [-0.25, -0.2) is 0 Å². The highest BCUT2D eigenvalue weighted by Gasteiger charge is 2.24. The summed E-state index contributed by atoms with van der Waals surface area (Å²) in [6.07, 6.45) is 3.33. The van der Waals surface area contributed by atoms with Crippen molar-refractivity contribution < 1.29 is 9.53 Å². The maximum absolute atomic E-state index is 12.2. The summed E-state index contributed by atoms with van der Waals surface area (Å²) in [5, 5.41) is 6.34. The van der Waals surface area contributed by atoms with Crippen LogP contribution in [0.5, 0.6) is 0 Å². The van der Waals surface area contributed by atoms with E-state index in [0.717, 1.165) is 45.6 Å². The van der Waals surface area contributed by atoms with Gasteiger partial charge in [-0.1, -0.05) is 36.8 Å². The molecule has 2 aliphatic rings. The van der Waals surface area contributed by atoms with Crippen molar-refractivity contribution >= 4 is 30.7 Å². The Hall–Kier alpha value is -0.850. The summed E-state index contributed by atoms with van der Waals surface area (Å²) in [6.45, 7) is 5.04. The third kappa shape index (κ3) is 7.12. The van der Waals surface area contributed by atoms with E-state index >= 15 is 0 Å². The van der Waals surface area contributed by atoms with E-state index in [-0.39, 0.29) is 42.9 Å². The van der Waals surface area contributed by atoms with Crippen LogP contribution in [0.2, 0.25) is 0 Å². The minimum Gasteiger partial charge on any atom is -0.374 e. The topological polar surface area (TPSA) is 53.6 Å². The lowest BCUT2D eigenvalue weighted by atomic mass is 10.0. The van der Waals surface area contributed by atoms with E-state index in [0.29, 0.717) is 6.54 Å². The number of piperidine rings is 1. The second-order valence-electron chi connectivity index (χ2n) is 6.46. The maximum atomic E-state index is 12.2. The molecule has 0 bridgehead atoms. The Labute approximate surface area is 162 Å². The Kier molecular flexibility index (Phi) is 10.4. The first-order valence-corrected chi connectivity index (χ1v) is 8.70. The zero-order chi connectivity index (χ0) is 15.9. The molecular formula is C18H29Cl2N3O2. The molecule has 2 atom stereocenters. The van der Waals surface area contributed by atoms with E-state index in [1.807, 2.05) is 6.07 Å². The quantitative estimate of drug-likeness (QED) is 0.808. The van der Waals surface area contributed by atoms with Crippen LogP contribution in [0.4, 0.5) is 0 Å². The number of ether oxygens (including phenoxy) is 1. The van der Waals surface area contributed by atoms with Crippen molar-refractivity contribution in [3.63, 3.8) is 0 Å². The van der Waals surface area contributed by atoms with E-state index < -0.39 is 0 Å². The molecular weight excluding hydrogens is 361 g/mol. The first-order chi connectivity index (χ1) is 11.3. The lowest BCUT2D eigenvalue weighted by molar-refractivity contribution is -0.124. The van der Waals surface area contributed by atoms with Crippen molar-refractivity contribution in [1.82, 2.24) is 15.5 Å². The van der Waals surface area contributed by atoms with Gasteiger partial charge in [-0.15, -0.1) is 24.8 Å². The standard InChI is InChI=1S/C18H27N3O2.2ClH/c22-18(17-8-4-5-9-19-17)20-12-16-14-21(10-11-23-16)13-15-6-2-1-3-7-15;;/h1-3,6-7,16-17,19H,4-5,8-14H2,(H,20,22);2*1H/t16?,17-;;/m0../s1. The molecule has 1 amide bonds. The Bertz CT molecular complexity index is 498. The highest BCUT2D eigenvalue weighted by molar-refractivity contribution is 5.85. The summed E-state index contributed by atoms with van der Waals surface area (Å²) >= 11 is 0. The van der Waals surface area contributed by atoms with Crippen LogP contribution in [0.15, 0.2) is 30.3 Å². The summed E-state index contributed by atoms with van der Waals surface area (Å²) in [4.78, 5) is 14.6. The number of carbonyl (C=O) groups is 1. The molecule has 7 heteroatoms. The molecule has 1 aromatic carbocycles. The van der Waals surface area contributed by atoms with Crippen molar-refractivity contribution in [2.24, 2.45) is 0 Å². The van der Waals surface area contributed by atoms with Crippen molar-refractivity contribution in [2.75, 3.05) is 32.8 Å². The lowest BCUT2D eigenvalue weighted by Gasteiger charge is -2.33. The summed E-state index contributed by atoms with van der Waals surface area (Å²) < 4.78 is 5.81. The highest BCUT2D eigenvalue weighted by Crippen LogP contribution is 2.11. The Balaban J connectivity index is 0.00000156. The predicted octanol–water partition coefficient (Wildman–Crippen LogP) is 1.99. The zero-order valence-corrected chi connectivity index (χ0v) is 16.1. The molecule has 5 nitrogen and oxygen atoms in total. The molecule has 0 saturated carbocycles. The second kappa shape index (κ2) is 11.7. The van der Waals surface area contributed by atoms with E-state index in [2.05, 4.69) is 39.8 Å². The van der Waals surface area contributed by atoms with Gasteiger partial charge >= 0.3 is 0 Å². The molecule has 0 aromatic heterocycles. The van der Waals surface area contributed by atoms with E-state index in [1.165, 1.54) is 12.0 Å². The van der Waals surface area contributed by atoms with Crippen LogP contribution < -0.4 is 10.6 Å². The molecule has 2 aliphatic heterocycles. The van der Waals surface area contributed by atoms with Gasteiger partial charge in [0.05, 0.1) is 18.8 Å². The Morgan fingerprint density at radius 1 is 1.24 bits per heavy atom. The molecule has 2 heterocycles. The number of rotatable bonds is 5. The summed E-state index contributed by atoms with van der Waals surface area (Å²) in [5.41, 5.74) is 1.32. The van der Waals surface area contributed by atoms with E-state index in [1.54, 1.807) is 0 Å². The van der Waals surface area contributed by atoms with Crippen LogP contribution in [0.25, 0.3) is 0 Å². The summed E-state index contributed by atoms with van der Waals surface area (Å²) in [5.74, 6) is 0.119. The Morgan fingerprint density at radius 2 is 2.04 bits per heavy atom. The number of amides is 1. The van der Waals surface area contributed by atoms with Crippen LogP contribution in [0, 0.1) is 0 Å². The SMILES string of the molecule is Cl.Cl.O=C(NCC1CN(Cc2ccccc2)CCO1)[C@@H]1CCCCN1. The van der Waals surface area contributed by atoms with Crippen molar-refractivity contribution in [3.8, 4) is 0 Å². The van der Waals surface area contributed by atoms with E-state index in [4.69, 9.17) is 4.74 Å². The Morgan fingerprint density at radius 3 is 2.76 bits per heavy atom. The number of halogens is 2. The van der Waals surface area contributed by atoms with Crippen LogP contribution in [0.1, 0.15) is 24.8 Å². The van der Waals surface area contributed by atoms with Gasteiger partial charge in [0, 0.05) is 26.2 Å². The van der Waals surface area contributed by atoms with Gasteiger partial charge in [-0.3, -0.25) is 9.69 Å². The average Bonchev–Trinajstić information content (AvgIpc) is 2.62. The van der Waals surface area contributed by atoms with Crippen molar-refractivity contribution in [1.29, 1.82) is 0 Å².